The average Bonchev–Trinajstić information content (AvgIpc) is 2.89. The van der Waals surface area contributed by atoms with Crippen molar-refractivity contribution in [3.05, 3.63) is 0 Å². The Balaban J connectivity index is 2.48. The van der Waals surface area contributed by atoms with Crippen LogP contribution in [-0.4, -0.2) is 25.0 Å². The number of nitrogens with zero attached hydrogens (tertiary/aromatic N) is 1. The van der Waals surface area contributed by atoms with Crippen LogP contribution in [0.1, 0.15) is 45.4 Å². The summed E-state index contributed by atoms with van der Waals surface area (Å²) in [5, 5.41) is 11.5. The first-order valence-electron chi connectivity index (χ1n) is 6.83. The van der Waals surface area contributed by atoms with Gasteiger partial charge in [0.25, 0.3) is 0 Å². The molecule has 2 atom stereocenters. The molecule has 1 amide bonds. The van der Waals surface area contributed by atoms with Crippen molar-refractivity contribution < 1.29 is 14.3 Å². The minimum Gasteiger partial charge on any atom is -0.467 e. The number of nitriles is 1. The van der Waals surface area contributed by atoms with E-state index in [2.05, 4.69) is 16.1 Å². The molecule has 5 nitrogen and oxygen atoms in total. The number of esters is 1. The van der Waals surface area contributed by atoms with Crippen molar-refractivity contribution >= 4 is 11.9 Å². The molecular weight excluding hydrogens is 244 g/mol. The predicted octanol–water partition coefficient (Wildman–Crippen LogP) is 1.77. The first-order chi connectivity index (χ1) is 9.06. The first kappa shape index (κ1) is 15.5. The van der Waals surface area contributed by atoms with Crippen molar-refractivity contribution in [2.45, 2.75) is 51.5 Å². The molecule has 0 saturated heterocycles. The maximum absolute atomic E-state index is 11.9. The quantitative estimate of drug-likeness (QED) is 0.743. The van der Waals surface area contributed by atoms with E-state index in [4.69, 9.17) is 5.26 Å². The number of methoxy groups -OCH3 is 1. The van der Waals surface area contributed by atoms with Gasteiger partial charge in [-0.2, -0.15) is 5.26 Å². The Morgan fingerprint density at radius 3 is 2.58 bits per heavy atom. The lowest BCUT2D eigenvalue weighted by atomic mass is 10.0. The van der Waals surface area contributed by atoms with Gasteiger partial charge in [0, 0.05) is 12.3 Å². The van der Waals surface area contributed by atoms with Gasteiger partial charge >= 0.3 is 5.97 Å². The van der Waals surface area contributed by atoms with Crippen molar-refractivity contribution in [2.75, 3.05) is 7.11 Å². The molecule has 0 aromatic carbocycles. The van der Waals surface area contributed by atoms with Gasteiger partial charge in [0.05, 0.1) is 13.2 Å². The van der Waals surface area contributed by atoms with Crippen LogP contribution >= 0.6 is 0 Å². The highest BCUT2D eigenvalue weighted by Gasteiger charge is 2.25. The molecule has 1 N–H and O–H groups in total. The molecule has 1 fully saturated rings. The maximum Gasteiger partial charge on any atom is 0.328 e. The van der Waals surface area contributed by atoms with Gasteiger partial charge in [0.1, 0.15) is 6.04 Å². The standard InChI is InChI=1S/C14H22N2O3/c1-10(9-15)7-12(14(18)19-2)16-13(17)8-11-5-3-4-6-11/h10-12H,3-8H2,1-2H3,(H,16,17)/t10-,12+/m1/s1. The summed E-state index contributed by atoms with van der Waals surface area (Å²) in [5.74, 6) is -0.461. The highest BCUT2D eigenvalue weighted by molar-refractivity contribution is 5.84. The van der Waals surface area contributed by atoms with Crippen LogP contribution in [0.4, 0.5) is 0 Å². The normalized spacial score (nSPS) is 18.4. The monoisotopic (exact) mass is 266 g/mol. The molecule has 0 bridgehead atoms. The number of amides is 1. The van der Waals surface area contributed by atoms with E-state index in [1.54, 1.807) is 6.92 Å². The summed E-state index contributed by atoms with van der Waals surface area (Å²) in [6.07, 6.45) is 5.30. The zero-order valence-electron chi connectivity index (χ0n) is 11.6. The van der Waals surface area contributed by atoms with Gasteiger partial charge in [-0.15, -0.1) is 0 Å². The van der Waals surface area contributed by atoms with Crippen molar-refractivity contribution in [3.63, 3.8) is 0 Å². The molecule has 1 rings (SSSR count). The second-order valence-electron chi connectivity index (χ2n) is 5.26. The van der Waals surface area contributed by atoms with Crippen molar-refractivity contribution in [3.8, 4) is 6.07 Å². The highest BCUT2D eigenvalue weighted by atomic mass is 16.5. The van der Waals surface area contributed by atoms with Crippen molar-refractivity contribution in [2.24, 2.45) is 11.8 Å². The lowest BCUT2D eigenvalue weighted by Gasteiger charge is -2.18. The minimum absolute atomic E-state index is 0.118. The number of nitrogens with one attached hydrogen (secondary N) is 1. The molecule has 1 aliphatic carbocycles. The Morgan fingerprint density at radius 1 is 1.42 bits per heavy atom. The van der Waals surface area contributed by atoms with Gasteiger partial charge in [-0.3, -0.25) is 4.79 Å². The van der Waals surface area contributed by atoms with E-state index < -0.39 is 12.0 Å². The topological polar surface area (TPSA) is 79.2 Å². The summed E-state index contributed by atoms with van der Waals surface area (Å²) >= 11 is 0. The molecule has 0 heterocycles. The Labute approximate surface area is 114 Å². The molecule has 0 aliphatic heterocycles. The lowest BCUT2D eigenvalue weighted by Crippen LogP contribution is -2.42. The van der Waals surface area contributed by atoms with Crippen molar-refractivity contribution in [1.29, 1.82) is 5.26 Å². The second-order valence-corrected chi connectivity index (χ2v) is 5.26. The van der Waals surface area contributed by atoms with Crippen LogP contribution in [0.2, 0.25) is 0 Å². The zero-order chi connectivity index (χ0) is 14.3. The molecule has 0 aromatic heterocycles. The van der Waals surface area contributed by atoms with E-state index in [1.807, 2.05) is 0 Å². The average molecular weight is 266 g/mol. The van der Waals surface area contributed by atoms with E-state index in [1.165, 1.54) is 20.0 Å². The summed E-state index contributed by atoms with van der Waals surface area (Å²) < 4.78 is 4.67. The molecular formula is C14H22N2O3. The van der Waals surface area contributed by atoms with Crippen LogP contribution in [0, 0.1) is 23.2 Å². The SMILES string of the molecule is COC(=O)[C@H](C[C@@H](C)C#N)NC(=O)CC1CCCC1. The largest absolute Gasteiger partial charge is 0.467 e. The van der Waals surface area contributed by atoms with Crippen molar-refractivity contribution in [1.82, 2.24) is 5.32 Å². The zero-order valence-corrected chi connectivity index (χ0v) is 11.6. The maximum atomic E-state index is 11.9. The van der Waals surface area contributed by atoms with E-state index in [9.17, 15) is 9.59 Å². The van der Waals surface area contributed by atoms with Gasteiger partial charge in [0.15, 0.2) is 0 Å². The number of rotatable bonds is 6. The van der Waals surface area contributed by atoms with Crippen LogP contribution in [0.15, 0.2) is 0 Å². The fourth-order valence-electron chi connectivity index (χ4n) is 2.49. The fraction of sp³-hybridized carbons (Fsp3) is 0.786. The summed E-state index contributed by atoms with van der Waals surface area (Å²) in [4.78, 5) is 23.5. The van der Waals surface area contributed by atoms with Gasteiger partial charge < -0.3 is 10.1 Å². The molecule has 106 valence electrons. The summed E-state index contributed by atoms with van der Waals surface area (Å²) in [5.41, 5.74) is 0. The number of carbonyl (C=O) groups is 2. The first-order valence-corrected chi connectivity index (χ1v) is 6.83. The molecule has 0 radical (unpaired) electrons. The molecule has 1 aliphatic rings. The van der Waals surface area contributed by atoms with Crippen LogP contribution in [-0.2, 0) is 14.3 Å². The van der Waals surface area contributed by atoms with Crippen LogP contribution < -0.4 is 5.32 Å². The molecule has 0 aromatic rings. The van der Waals surface area contributed by atoms with E-state index in [0.717, 1.165) is 12.8 Å². The Hall–Kier alpha value is -1.57. The van der Waals surface area contributed by atoms with E-state index >= 15 is 0 Å². The third-order valence-corrected chi connectivity index (χ3v) is 3.58. The molecule has 5 heteroatoms. The number of carbonyl (C=O) groups excluding carboxylic acids is 2. The summed E-state index contributed by atoms with van der Waals surface area (Å²) in [7, 11) is 1.29. The van der Waals surface area contributed by atoms with Gasteiger partial charge in [0.2, 0.25) is 5.91 Å². The number of ether oxygens (including phenoxy) is 1. The number of hydrogen-bond acceptors (Lipinski definition) is 4. The van der Waals surface area contributed by atoms with E-state index in [-0.39, 0.29) is 11.8 Å². The third-order valence-electron chi connectivity index (χ3n) is 3.58. The van der Waals surface area contributed by atoms with Gasteiger partial charge in [-0.1, -0.05) is 12.8 Å². The third kappa shape index (κ3) is 5.29. The Kier molecular flexibility index (Phi) is 6.34. The highest BCUT2D eigenvalue weighted by Crippen LogP contribution is 2.27. The smallest absolute Gasteiger partial charge is 0.328 e. The molecule has 1 saturated carbocycles. The molecule has 0 spiro atoms. The Morgan fingerprint density at radius 2 is 2.05 bits per heavy atom. The predicted molar refractivity (Wildman–Crippen MR) is 69.9 cm³/mol. The van der Waals surface area contributed by atoms with Crippen LogP contribution in [0.25, 0.3) is 0 Å². The Bertz CT molecular complexity index is 356. The minimum atomic E-state index is -0.714. The van der Waals surface area contributed by atoms with Crippen LogP contribution in [0.5, 0.6) is 0 Å². The van der Waals surface area contributed by atoms with Gasteiger partial charge in [-0.05, 0) is 32.1 Å². The van der Waals surface area contributed by atoms with Gasteiger partial charge in [-0.25, -0.2) is 4.79 Å². The van der Waals surface area contributed by atoms with Crippen LogP contribution in [0.3, 0.4) is 0 Å². The lowest BCUT2D eigenvalue weighted by molar-refractivity contribution is -0.145. The number of hydrogen-bond donors (Lipinski definition) is 1. The fourth-order valence-corrected chi connectivity index (χ4v) is 2.49. The molecule has 0 unspecified atom stereocenters. The molecule has 19 heavy (non-hydrogen) atoms. The summed E-state index contributed by atoms with van der Waals surface area (Å²) in [6.45, 7) is 1.72. The second kappa shape index (κ2) is 7.78. The van der Waals surface area contributed by atoms with E-state index in [0.29, 0.717) is 18.8 Å². The summed E-state index contributed by atoms with van der Waals surface area (Å²) in [6, 6.07) is 1.35.